The molecule has 7 N–H and O–H groups in total. The number of carbonyl (C=O) groups is 4. The molecule has 10 heteroatoms. The van der Waals surface area contributed by atoms with Gasteiger partial charge in [-0.15, -0.1) is 0 Å². The zero-order valence-electron chi connectivity index (χ0n) is 20.1. The molecule has 0 heterocycles. The number of aromatic hydroxyl groups is 1. The molecular formula is C26H29NO9. The minimum atomic E-state index is -2.88. The van der Waals surface area contributed by atoms with Crippen LogP contribution in [-0.4, -0.2) is 60.5 Å². The van der Waals surface area contributed by atoms with Crippen LogP contribution in [0.2, 0.25) is 0 Å². The van der Waals surface area contributed by atoms with Crippen molar-refractivity contribution in [2.45, 2.75) is 57.7 Å². The number of benzene rings is 1. The van der Waals surface area contributed by atoms with E-state index < -0.39 is 76.0 Å². The Morgan fingerprint density at radius 1 is 1.17 bits per heavy atom. The Kier molecular flexibility index (Phi) is 6.09. The number of aliphatic hydroxyl groups is 4. The van der Waals surface area contributed by atoms with Crippen molar-refractivity contribution in [3.8, 4) is 5.75 Å². The molecule has 3 aliphatic carbocycles. The summed E-state index contributed by atoms with van der Waals surface area (Å²) in [5, 5.41) is 55.1. The first kappa shape index (κ1) is 25.6. The highest BCUT2D eigenvalue weighted by Crippen LogP contribution is 2.56. The molecule has 0 aliphatic heterocycles. The van der Waals surface area contributed by atoms with Crippen LogP contribution in [0.4, 0.5) is 0 Å². The zero-order valence-corrected chi connectivity index (χ0v) is 20.1. The lowest BCUT2D eigenvalue weighted by molar-refractivity contribution is -0.160. The van der Waals surface area contributed by atoms with E-state index in [9.17, 15) is 44.7 Å². The van der Waals surface area contributed by atoms with Gasteiger partial charge >= 0.3 is 0 Å². The van der Waals surface area contributed by atoms with Gasteiger partial charge in [0.2, 0.25) is 5.78 Å². The maximum atomic E-state index is 13.6. The highest BCUT2D eigenvalue weighted by atomic mass is 16.4. The van der Waals surface area contributed by atoms with Gasteiger partial charge in [0.05, 0.1) is 11.7 Å². The van der Waals surface area contributed by atoms with Crippen molar-refractivity contribution in [2.75, 3.05) is 0 Å². The number of fused-ring (bicyclic) bond motifs is 3. The van der Waals surface area contributed by atoms with Gasteiger partial charge in [-0.1, -0.05) is 26.8 Å². The second kappa shape index (κ2) is 8.56. The fourth-order valence-electron chi connectivity index (χ4n) is 6.06. The first-order valence-corrected chi connectivity index (χ1v) is 11.7. The number of phenolic OH excluding ortho intramolecular Hbond substituents is 1. The van der Waals surface area contributed by atoms with Crippen molar-refractivity contribution >= 4 is 29.0 Å². The van der Waals surface area contributed by atoms with Crippen LogP contribution in [0.3, 0.4) is 0 Å². The van der Waals surface area contributed by atoms with Gasteiger partial charge in [-0.2, -0.15) is 0 Å². The van der Waals surface area contributed by atoms with Crippen LogP contribution in [0.25, 0.3) is 5.76 Å². The maximum absolute atomic E-state index is 13.6. The summed E-state index contributed by atoms with van der Waals surface area (Å²) in [6.45, 7) is 5.44. The molecule has 1 saturated carbocycles. The third-order valence-electron chi connectivity index (χ3n) is 7.59. The molecule has 0 aromatic heterocycles. The Balaban J connectivity index is 1.94. The highest BCUT2D eigenvalue weighted by Gasteiger charge is 2.65. The standard InChI is InChI=1S/C26H29NO9/c1-9(2)6-12(28)7-11-4-5-14(29)18-16(11)10(3)17-20(22(18)32)24(34)26(36)13(21(17)31)8-15(30)19(23(26)33)25(27)35/h4-5,9-10,13,17,21,29,31-33,36H,6-8H2,1-3H3,(H2,27,35)/t10-,13+,17+,21+,26+/m0/s1. The Morgan fingerprint density at radius 2 is 1.81 bits per heavy atom. The van der Waals surface area contributed by atoms with Gasteiger partial charge < -0.3 is 31.3 Å². The van der Waals surface area contributed by atoms with Crippen LogP contribution in [0.5, 0.6) is 5.75 Å². The molecule has 192 valence electrons. The lowest BCUT2D eigenvalue weighted by atomic mass is 9.55. The molecule has 4 rings (SSSR count). The van der Waals surface area contributed by atoms with Gasteiger partial charge in [-0.3, -0.25) is 19.2 Å². The first-order valence-electron chi connectivity index (χ1n) is 11.7. The predicted octanol–water partition coefficient (Wildman–Crippen LogP) is 1.11. The topological polar surface area (TPSA) is 195 Å². The summed E-state index contributed by atoms with van der Waals surface area (Å²) in [7, 11) is 0. The van der Waals surface area contributed by atoms with Crippen molar-refractivity contribution in [1.29, 1.82) is 0 Å². The summed E-state index contributed by atoms with van der Waals surface area (Å²) in [5.41, 5.74) is 1.67. The van der Waals surface area contributed by atoms with Crippen LogP contribution in [0.1, 0.15) is 56.2 Å². The lowest BCUT2D eigenvalue weighted by Gasteiger charge is -2.50. The van der Waals surface area contributed by atoms with E-state index in [1.165, 1.54) is 6.07 Å². The average molecular weight is 500 g/mol. The molecule has 1 amide bonds. The third-order valence-corrected chi connectivity index (χ3v) is 7.59. The number of rotatable bonds is 5. The molecule has 0 spiro atoms. The molecular weight excluding hydrogens is 470 g/mol. The monoisotopic (exact) mass is 499 g/mol. The number of Topliss-reactive ketones (excluding diaryl/α,β-unsaturated/α-hetero) is 3. The summed E-state index contributed by atoms with van der Waals surface area (Å²) in [6.07, 6.45) is -1.94. The van der Waals surface area contributed by atoms with Gasteiger partial charge in [0, 0.05) is 36.7 Å². The van der Waals surface area contributed by atoms with Crippen LogP contribution in [0.15, 0.2) is 29.0 Å². The number of primary amides is 1. The number of ketones is 3. The van der Waals surface area contributed by atoms with E-state index in [1.807, 2.05) is 13.8 Å². The number of amides is 1. The summed E-state index contributed by atoms with van der Waals surface area (Å²) < 4.78 is 0. The second-order valence-corrected chi connectivity index (χ2v) is 10.3. The van der Waals surface area contributed by atoms with E-state index in [-0.39, 0.29) is 29.4 Å². The number of aliphatic hydroxyl groups excluding tert-OH is 3. The quantitative estimate of drug-likeness (QED) is 0.322. The SMILES string of the molecule is CC(C)CC(=O)Cc1ccc(O)c2c1[C@H](C)[C@@H]1C(=C2O)C(=O)[C@]2(O)C(O)=C(C(N)=O)C(=O)C[C@@H]2[C@H]1O. The second-order valence-electron chi connectivity index (χ2n) is 10.3. The van der Waals surface area contributed by atoms with Crippen LogP contribution in [0, 0.1) is 17.8 Å². The normalized spacial score (nSPS) is 29.7. The third kappa shape index (κ3) is 3.47. The van der Waals surface area contributed by atoms with Gasteiger partial charge in [0.1, 0.15) is 28.6 Å². The minimum Gasteiger partial charge on any atom is -0.508 e. The van der Waals surface area contributed by atoms with E-state index in [1.54, 1.807) is 13.0 Å². The van der Waals surface area contributed by atoms with Gasteiger partial charge in [-0.05, 0) is 29.0 Å². The van der Waals surface area contributed by atoms with Crippen molar-refractivity contribution in [3.05, 3.63) is 45.7 Å². The molecule has 0 bridgehead atoms. The Morgan fingerprint density at radius 3 is 2.39 bits per heavy atom. The molecule has 5 atom stereocenters. The first-order chi connectivity index (χ1) is 16.7. The number of carbonyl (C=O) groups excluding carboxylic acids is 4. The largest absolute Gasteiger partial charge is 0.508 e. The summed E-state index contributed by atoms with van der Waals surface area (Å²) in [5.74, 6) is -9.19. The van der Waals surface area contributed by atoms with E-state index in [0.29, 0.717) is 17.5 Å². The van der Waals surface area contributed by atoms with Crippen molar-refractivity contribution in [1.82, 2.24) is 0 Å². The molecule has 1 fully saturated rings. The van der Waals surface area contributed by atoms with Crippen molar-refractivity contribution in [3.63, 3.8) is 0 Å². The fraction of sp³-hybridized carbons (Fsp3) is 0.462. The van der Waals surface area contributed by atoms with Gasteiger partial charge in [0.15, 0.2) is 11.4 Å². The Labute approximate surface area is 206 Å². The van der Waals surface area contributed by atoms with E-state index >= 15 is 0 Å². The van der Waals surface area contributed by atoms with Crippen molar-refractivity contribution in [2.24, 2.45) is 23.5 Å². The van der Waals surface area contributed by atoms with Crippen LogP contribution < -0.4 is 5.73 Å². The molecule has 0 saturated heterocycles. The fourth-order valence-corrected chi connectivity index (χ4v) is 6.06. The van der Waals surface area contributed by atoms with Gasteiger partial charge in [-0.25, -0.2) is 0 Å². The van der Waals surface area contributed by atoms with E-state index in [0.717, 1.165) is 0 Å². The molecule has 3 aliphatic rings. The van der Waals surface area contributed by atoms with Crippen LogP contribution in [-0.2, 0) is 25.6 Å². The average Bonchev–Trinajstić information content (AvgIpc) is 2.77. The van der Waals surface area contributed by atoms with E-state index in [2.05, 4.69) is 0 Å². The number of hydrogen-bond acceptors (Lipinski definition) is 9. The number of hydrogen-bond donors (Lipinski definition) is 6. The summed E-state index contributed by atoms with van der Waals surface area (Å²) in [6, 6.07) is 2.83. The number of phenols is 1. The molecule has 0 radical (unpaired) electrons. The molecule has 36 heavy (non-hydrogen) atoms. The summed E-state index contributed by atoms with van der Waals surface area (Å²) >= 11 is 0. The van der Waals surface area contributed by atoms with Gasteiger partial charge in [0.25, 0.3) is 5.91 Å². The lowest BCUT2D eigenvalue weighted by Crippen LogP contribution is -2.64. The maximum Gasteiger partial charge on any atom is 0.255 e. The van der Waals surface area contributed by atoms with Crippen LogP contribution >= 0.6 is 0 Å². The van der Waals surface area contributed by atoms with E-state index in [4.69, 9.17) is 5.73 Å². The zero-order chi connectivity index (χ0) is 26.9. The summed E-state index contributed by atoms with van der Waals surface area (Å²) in [4.78, 5) is 50.5. The molecule has 1 aromatic rings. The predicted molar refractivity (Wildman–Crippen MR) is 126 cm³/mol. The molecule has 1 aromatic carbocycles. The van der Waals surface area contributed by atoms with Crippen molar-refractivity contribution < 1.29 is 44.7 Å². The Bertz CT molecular complexity index is 1270. The smallest absolute Gasteiger partial charge is 0.255 e. The highest BCUT2D eigenvalue weighted by molar-refractivity contribution is 6.23. The molecule has 0 unspecified atom stereocenters. The molecule has 10 nitrogen and oxygen atoms in total. The Hall–Kier alpha value is -3.50. The minimum absolute atomic E-state index is 0.00184. The number of nitrogens with two attached hydrogens (primary N) is 1.